The van der Waals surface area contributed by atoms with Crippen LogP contribution in [0, 0.1) is 11.3 Å². The molecule has 3 aromatic rings. The van der Waals surface area contributed by atoms with Crippen molar-refractivity contribution in [3.05, 3.63) is 48.2 Å². The maximum absolute atomic E-state index is 9.05. The molecule has 4 rings (SSSR count). The smallest absolute Gasteiger partial charge is 0.161 e. The molecule has 0 amide bonds. The second-order valence-corrected chi connectivity index (χ2v) is 5.72. The fourth-order valence-electron chi connectivity index (χ4n) is 3.17. The van der Waals surface area contributed by atoms with Crippen LogP contribution in [0.25, 0.3) is 11.0 Å². The number of aromatic amines is 1. The van der Waals surface area contributed by atoms with Crippen LogP contribution in [0.2, 0.25) is 0 Å². The van der Waals surface area contributed by atoms with E-state index in [1.807, 2.05) is 24.3 Å². The zero-order chi connectivity index (χ0) is 15.6. The summed E-state index contributed by atoms with van der Waals surface area (Å²) in [6, 6.07) is 10.2. The van der Waals surface area contributed by atoms with Gasteiger partial charge in [0.05, 0.1) is 29.5 Å². The lowest BCUT2D eigenvalue weighted by Crippen LogP contribution is -2.34. The van der Waals surface area contributed by atoms with E-state index < -0.39 is 0 Å². The average molecular weight is 304 g/mol. The van der Waals surface area contributed by atoms with Crippen LogP contribution in [0.1, 0.15) is 36.8 Å². The van der Waals surface area contributed by atoms with Gasteiger partial charge < -0.3 is 9.88 Å². The molecule has 3 heterocycles. The molecular weight excluding hydrogens is 288 g/mol. The molecule has 1 aliphatic heterocycles. The van der Waals surface area contributed by atoms with Crippen molar-refractivity contribution in [3.63, 3.8) is 0 Å². The number of anilines is 1. The van der Waals surface area contributed by atoms with Crippen molar-refractivity contribution in [3.8, 4) is 6.07 Å². The van der Waals surface area contributed by atoms with Crippen LogP contribution < -0.4 is 4.90 Å². The van der Waals surface area contributed by atoms with Gasteiger partial charge in [-0.15, -0.1) is 0 Å². The van der Waals surface area contributed by atoms with E-state index in [0.717, 1.165) is 48.5 Å². The first kappa shape index (κ1) is 13.7. The summed E-state index contributed by atoms with van der Waals surface area (Å²) < 4.78 is 0. The minimum Gasteiger partial charge on any atom is -0.345 e. The van der Waals surface area contributed by atoms with Crippen molar-refractivity contribution in [2.24, 2.45) is 0 Å². The van der Waals surface area contributed by atoms with Crippen LogP contribution in [0.15, 0.2) is 36.7 Å². The largest absolute Gasteiger partial charge is 0.345 e. The third-order valence-corrected chi connectivity index (χ3v) is 4.26. The molecule has 6 heteroatoms. The summed E-state index contributed by atoms with van der Waals surface area (Å²) in [5, 5.41) is 9.05. The number of hydrogen-bond acceptors (Lipinski definition) is 5. The number of H-pyrrole nitrogens is 1. The Kier molecular flexibility index (Phi) is 3.39. The van der Waals surface area contributed by atoms with Crippen LogP contribution in [0.3, 0.4) is 0 Å². The monoisotopic (exact) mass is 304 g/mol. The quantitative estimate of drug-likeness (QED) is 0.787. The van der Waals surface area contributed by atoms with Gasteiger partial charge in [0.15, 0.2) is 5.69 Å². The lowest BCUT2D eigenvalue weighted by Gasteiger charge is -2.35. The maximum atomic E-state index is 9.05. The highest BCUT2D eigenvalue weighted by Crippen LogP contribution is 2.33. The van der Waals surface area contributed by atoms with Crippen LogP contribution >= 0.6 is 0 Å². The number of hydrogen-bond donors (Lipinski definition) is 1. The maximum Gasteiger partial charge on any atom is 0.161 e. The Labute approximate surface area is 133 Å². The molecule has 1 saturated heterocycles. The van der Waals surface area contributed by atoms with Gasteiger partial charge in [0, 0.05) is 6.54 Å². The second-order valence-electron chi connectivity index (χ2n) is 5.72. The topological polar surface area (TPSA) is 81.5 Å². The number of aromatic nitrogens is 4. The molecule has 1 N–H and O–H groups in total. The Balaban J connectivity index is 1.74. The van der Waals surface area contributed by atoms with E-state index in [0.29, 0.717) is 5.69 Å². The number of fused-ring (bicyclic) bond motifs is 1. The number of imidazole rings is 1. The number of nitrogens with one attached hydrogen (secondary N) is 1. The van der Waals surface area contributed by atoms with E-state index in [-0.39, 0.29) is 6.04 Å². The molecule has 1 aliphatic rings. The van der Waals surface area contributed by atoms with E-state index >= 15 is 0 Å². The van der Waals surface area contributed by atoms with E-state index in [9.17, 15) is 0 Å². The van der Waals surface area contributed by atoms with Gasteiger partial charge >= 0.3 is 0 Å². The number of nitriles is 1. The third-order valence-electron chi connectivity index (χ3n) is 4.26. The Morgan fingerprint density at radius 1 is 1.17 bits per heavy atom. The van der Waals surface area contributed by atoms with E-state index in [1.165, 1.54) is 6.20 Å². The van der Waals surface area contributed by atoms with E-state index in [2.05, 4.69) is 25.9 Å². The molecule has 2 aromatic heterocycles. The summed E-state index contributed by atoms with van der Waals surface area (Å²) in [5.74, 6) is 1.70. The molecule has 1 unspecified atom stereocenters. The SMILES string of the molecule is N#Cc1cncc(N2CCCCC2c2nc3ccccc3[nH]2)n1. The van der Waals surface area contributed by atoms with Gasteiger partial charge in [-0.3, -0.25) is 4.98 Å². The number of rotatable bonds is 2. The van der Waals surface area contributed by atoms with Crippen LogP contribution in [-0.4, -0.2) is 26.5 Å². The minimum atomic E-state index is 0.138. The molecule has 6 nitrogen and oxygen atoms in total. The van der Waals surface area contributed by atoms with Crippen LogP contribution in [0.4, 0.5) is 5.82 Å². The van der Waals surface area contributed by atoms with Crippen LogP contribution in [0.5, 0.6) is 0 Å². The van der Waals surface area contributed by atoms with Crippen molar-refractivity contribution in [1.29, 1.82) is 5.26 Å². The molecular formula is C17H16N6. The fraction of sp³-hybridized carbons (Fsp3) is 0.294. The number of nitrogens with zero attached hydrogens (tertiary/aromatic N) is 5. The molecule has 1 fully saturated rings. The second kappa shape index (κ2) is 5.69. The van der Waals surface area contributed by atoms with Gasteiger partial charge in [-0.2, -0.15) is 5.26 Å². The first-order chi connectivity index (χ1) is 11.3. The fourth-order valence-corrected chi connectivity index (χ4v) is 3.17. The number of benzene rings is 1. The number of piperidine rings is 1. The summed E-state index contributed by atoms with van der Waals surface area (Å²) in [7, 11) is 0. The van der Waals surface area contributed by atoms with Crippen molar-refractivity contribution in [1.82, 2.24) is 19.9 Å². The highest BCUT2D eigenvalue weighted by atomic mass is 15.2. The van der Waals surface area contributed by atoms with Gasteiger partial charge in [-0.05, 0) is 31.4 Å². The first-order valence-corrected chi connectivity index (χ1v) is 7.78. The van der Waals surface area contributed by atoms with E-state index in [4.69, 9.17) is 10.2 Å². The summed E-state index contributed by atoms with van der Waals surface area (Å²) >= 11 is 0. The van der Waals surface area contributed by atoms with Crippen molar-refractivity contribution >= 4 is 16.9 Å². The number of para-hydroxylation sites is 2. The highest BCUT2D eigenvalue weighted by Gasteiger charge is 2.28. The first-order valence-electron chi connectivity index (χ1n) is 7.78. The summed E-state index contributed by atoms with van der Waals surface area (Å²) in [6.07, 6.45) is 6.49. The summed E-state index contributed by atoms with van der Waals surface area (Å²) in [6.45, 7) is 0.894. The average Bonchev–Trinajstić information content (AvgIpc) is 3.06. The molecule has 0 aliphatic carbocycles. The van der Waals surface area contributed by atoms with Crippen molar-refractivity contribution in [2.75, 3.05) is 11.4 Å². The highest BCUT2D eigenvalue weighted by molar-refractivity contribution is 5.75. The van der Waals surface area contributed by atoms with Crippen molar-refractivity contribution < 1.29 is 0 Å². The van der Waals surface area contributed by atoms with Gasteiger partial charge in [0.1, 0.15) is 17.7 Å². The molecule has 0 spiro atoms. The Morgan fingerprint density at radius 3 is 2.96 bits per heavy atom. The Hall–Kier alpha value is -2.94. The molecule has 23 heavy (non-hydrogen) atoms. The Bertz CT molecular complexity index is 845. The van der Waals surface area contributed by atoms with Gasteiger partial charge in [0.25, 0.3) is 0 Å². The lowest BCUT2D eigenvalue weighted by atomic mass is 10.0. The lowest BCUT2D eigenvalue weighted by molar-refractivity contribution is 0.455. The zero-order valence-electron chi connectivity index (χ0n) is 12.6. The normalized spacial score (nSPS) is 18.0. The molecule has 0 radical (unpaired) electrons. The summed E-state index contributed by atoms with van der Waals surface area (Å²) in [5.41, 5.74) is 2.37. The summed E-state index contributed by atoms with van der Waals surface area (Å²) in [4.78, 5) is 18.9. The molecule has 0 bridgehead atoms. The standard InChI is InChI=1S/C17H16N6/c18-9-12-10-19-11-16(20-12)23-8-4-3-7-15(23)17-21-13-5-1-2-6-14(13)22-17/h1-2,5-6,10-11,15H,3-4,7-8H2,(H,21,22). The predicted octanol–water partition coefficient (Wildman–Crippen LogP) is 2.96. The van der Waals surface area contributed by atoms with Gasteiger partial charge in [-0.1, -0.05) is 12.1 Å². The minimum absolute atomic E-state index is 0.138. The Morgan fingerprint density at radius 2 is 2.09 bits per heavy atom. The molecule has 114 valence electrons. The van der Waals surface area contributed by atoms with Gasteiger partial charge in [0.2, 0.25) is 0 Å². The molecule has 1 atom stereocenters. The van der Waals surface area contributed by atoms with Crippen molar-refractivity contribution in [2.45, 2.75) is 25.3 Å². The van der Waals surface area contributed by atoms with Gasteiger partial charge in [-0.25, -0.2) is 9.97 Å². The molecule has 0 saturated carbocycles. The predicted molar refractivity (Wildman–Crippen MR) is 86.8 cm³/mol. The zero-order valence-corrected chi connectivity index (χ0v) is 12.6. The van der Waals surface area contributed by atoms with E-state index in [1.54, 1.807) is 6.20 Å². The third kappa shape index (κ3) is 2.50. The molecule has 1 aromatic carbocycles. The van der Waals surface area contributed by atoms with Crippen LogP contribution in [-0.2, 0) is 0 Å².